The number of hydrogen-bond acceptors (Lipinski definition) is 2. The van der Waals surface area contributed by atoms with Gasteiger partial charge in [0.15, 0.2) is 0 Å². The molecule has 0 saturated heterocycles. The van der Waals surface area contributed by atoms with Crippen LogP contribution in [0, 0.1) is 11.8 Å². The molecule has 2 aliphatic carbocycles. The highest BCUT2D eigenvalue weighted by Gasteiger charge is 2.51. The monoisotopic (exact) mass is 260 g/mol. The lowest BCUT2D eigenvalue weighted by Gasteiger charge is -2.28. The van der Waals surface area contributed by atoms with Crippen molar-refractivity contribution in [2.24, 2.45) is 11.8 Å². The first-order valence-corrected chi connectivity index (χ1v) is 7.31. The molecule has 0 amide bonds. The third-order valence-corrected chi connectivity index (χ3v) is 5.41. The second-order valence-electron chi connectivity index (χ2n) is 6.83. The maximum Gasteiger partial charge on any atom is 0.128 e. The molecule has 0 aliphatic heterocycles. The summed E-state index contributed by atoms with van der Waals surface area (Å²) >= 11 is 0. The quantitative estimate of drug-likeness (QED) is 0.896. The molecule has 1 aromatic rings. The molecule has 0 heterocycles. The lowest BCUT2D eigenvalue weighted by molar-refractivity contribution is 0.0305. The van der Waals surface area contributed by atoms with Crippen LogP contribution in [0.2, 0.25) is 0 Å². The van der Waals surface area contributed by atoms with Crippen LogP contribution in [0.15, 0.2) is 18.2 Å². The topological polar surface area (TPSA) is 29.5 Å². The van der Waals surface area contributed by atoms with Gasteiger partial charge in [-0.2, -0.15) is 0 Å². The van der Waals surface area contributed by atoms with E-state index in [1.807, 2.05) is 13.0 Å². The molecule has 2 saturated carbocycles. The molecule has 3 atom stereocenters. The van der Waals surface area contributed by atoms with Gasteiger partial charge in [-0.1, -0.05) is 32.0 Å². The zero-order valence-electron chi connectivity index (χ0n) is 12.4. The van der Waals surface area contributed by atoms with Crippen molar-refractivity contribution in [1.82, 2.24) is 0 Å². The minimum absolute atomic E-state index is 0.223. The summed E-state index contributed by atoms with van der Waals surface area (Å²) in [7, 11) is 1.72. The number of aliphatic hydroxyl groups is 1. The molecule has 2 heteroatoms. The fourth-order valence-corrected chi connectivity index (χ4v) is 3.42. The molecule has 0 radical (unpaired) electrons. The van der Waals surface area contributed by atoms with Gasteiger partial charge >= 0.3 is 0 Å². The standard InChI is InChI=1S/C17H24O2/c1-11-10-16(11,2)13-6-5-7-14(15(13)19-4)17(3,18)12-8-9-12/h5-7,11-12,18H,8-10H2,1-4H3. The van der Waals surface area contributed by atoms with Crippen molar-refractivity contribution in [3.05, 3.63) is 29.3 Å². The zero-order chi connectivity index (χ0) is 13.8. The van der Waals surface area contributed by atoms with Gasteiger partial charge in [-0.3, -0.25) is 0 Å². The fraction of sp³-hybridized carbons (Fsp3) is 0.647. The molecule has 104 valence electrons. The maximum atomic E-state index is 10.8. The first-order chi connectivity index (χ1) is 8.91. The highest BCUT2D eigenvalue weighted by atomic mass is 16.5. The second-order valence-corrected chi connectivity index (χ2v) is 6.83. The smallest absolute Gasteiger partial charge is 0.128 e. The van der Waals surface area contributed by atoms with E-state index in [1.165, 1.54) is 12.0 Å². The predicted octanol–water partition coefficient (Wildman–Crippen LogP) is 3.61. The Morgan fingerprint density at radius 3 is 2.47 bits per heavy atom. The van der Waals surface area contributed by atoms with Crippen LogP contribution in [0.4, 0.5) is 0 Å². The molecule has 1 N–H and O–H groups in total. The Hall–Kier alpha value is -1.02. The number of rotatable bonds is 4. The van der Waals surface area contributed by atoms with Crippen molar-refractivity contribution in [3.63, 3.8) is 0 Å². The third kappa shape index (κ3) is 1.88. The van der Waals surface area contributed by atoms with E-state index in [0.29, 0.717) is 11.8 Å². The van der Waals surface area contributed by atoms with Gasteiger partial charge in [0.1, 0.15) is 5.75 Å². The summed E-state index contributed by atoms with van der Waals surface area (Å²) in [5.41, 5.74) is 1.70. The Labute approximate surface area is 115 Å². The SMILES string of the molecule is COc1c(C(C)(O)C2CC2)cccc1C1(C)CC1C. The first-order valence-electron chi connectivity index (χ1n) is 7.31. The van der Waals surface area contributed by atoms with Gasteiger partial charge in [0.05, 0.1) is 12.7 Å². The molecule has 2 nitrogen and oxygen atoms in total. The predicted molar refractivity (Wildman–Crippen MR) is 76.4 cm³/mol. The molecular weight excluding hydrogens is 236 g/mol. The van der Waals surface area contributed by atoms with Crippen molar-refractivity contribution >= 4 is 0 Å². The summed E-state index contributed by atoms with van der Waals surface area (Å²) in [5.74, 6) is 2.00. The summed E-state index contributed by atoms with van der Waals surface area (Å²) in [6.07, 6.45) is 3.44. The van der Waals surface area contributed by atoms with Gasteiger partial charge in [-0.15, -0.1) is 0 Å². The van der Waals surface area contributed by atoms with Crippen LogP contribution < -0.4 is 4.74 Å². The Balaban J connectivity index is 2.08. The van der Waals surface area contributed by atoms with E-state index in [4.69, 9.17) is 4.74 Å². The van der Waals surface area contributed by atoms with Gasteiger partial charge in [0.2, 0.25) is 0 Å². The van der Waals surface area contributed by atoms with Crippen molar-refractivity contribution < 1.29 is 9.84 Å². The molecule has 19 heavy (non-hydrogen) atoms. The minimum Gasteiger partial charge on any atom is -0.496 e. The molecule has 2 aliphatic rings. The molecule has 0 bridgehead atoms. The van der Waals surface area contributed by atoms with Crippen LogP contribution in [0.3, 0.4) is 0 Å². The normalized spacial score (nSPS) is 32.8. The van der Waals surface area contributed by atoms with Gasteiger partial charge < -0.3 is 9.84 Å². The third-order valence-electron chi connectivity index (χ3n) is 5.41. The maximum absolute atomic E-state index is 10.8. The lowest BCUT2D eigenvalue weighted by Crippen LogP contribution is -2.25. The Morgan fingerprint density at radius 2 is 2.00 bits per heavy atom. The van der Waals surface area contributed by atoms with Crippen molar-refractivity contribution in [3.8, 4) is 5.75 Å². The number of para-hydroxylation sites is 1. The Morgan fingerprint density at radius 1 is 1.37 bits per heavy atom. The van der Waals surface area contributed by atoms with E-state index in [0.717, 1.165) is 24.2 Å². The molecular formula is C17H24O2. The average Bonchev–Trinajstić information content (AvgIpc) is 3.27. The molecule has 0 spiro atoms. The van der Waals surface area contributed by atoms with Crippen molar-refractivity contribution in [2.75, 3.05) is 7.11 Å². The lowest BCUT2D eigenvalue weighted by atomic mass is 9.85. The number of ether oxygens (including phenoxy) is 1. The van der Waals surface area contributed by atoms with Gasteiger partial charge in [-0.25, -0.2) is 0 Å². The first kappa shape index (κ1) is 13.0. The number of hydrogen-bond donors (Lipinski definition) is 1. The highest BCUT2D eigenvalue weighted by Crippen LogP contribution is 2.58. The van der Waals surface area contributed by atoms with Crippen LogP contribution in [-0.2, 0) is 11.0 Å². The second kappa shape index (κ2) is 3.99. The van der Waals surface area contributed by atoms with E-state index in [2.05, 4.69) is 26.0 Å². The van der Waals surface area contributed by atoms with Crippen LogP contribution in [0.5, 0.6) is 5.75 Å². The largest absolute Gasteiger partial charge is 0.496 e. The van der Waals surface area contributed by atoms with Crippen molar-refractivity contribution in [1.29, 1.82) is 0 Å². The van der Waals surface area contributed by atoms with Gasteiger partial charge in [-0.05, 0) is 43.4 Å². The van der Waals surface area contributed by atoms with Crippen molar-refractivity contribution in [2.45, 2.75) is 51.0 Å². The van der Waals surface area contributed by atoms with E-state index < -0.39 is 5.60 Å². The van der Waals surface area contributed by atoms with E-state index in [1.54, 1.807) is 7.11 Å². The summed E-state index contributed by atoms with van der Waals surface area (Å²) in [4.78, 5) is 0. The van der Waals surface area contributed by atoms with E-state index in [9.17, 15) is 5.11 Å². The minimum atomic E-state index is -0.754. The Kier molecular flexibility index (Phi) is 2.72. The summed E-state index contributed by atoms with van der Waals surface area (Å²) in [6.45, 7) is 6.52. The van der Waals surface area contributed by atoms with Gasteiger partial charge in [0, 0.05) is 11.1 Å². The summed E-state index contributed by atoms with van der Waals surface area (Å²) < 4.78 is 5.70. The molecule has 2 fully saturated rings. The Bertz CT molecular complexity index is 502. The number of methoxy groups -OCH3 is 1. The van der Waals surface area contributed by atoms with E-state index >= 15 is 0 Å². The van der Waals surface area contributed by atoms with Crippen LogP contribution in [0.25, 0.3) is 0 Å². The molecule has 1 aromatic carbocycles. The zero-order valence-corrected chi connectivity index (χ0v) is 12.4. The van der Waals surface area contributed by atoms with Crippen LogP contribution in [-0.4, -0.2) is 12.2 Å². The fourth-order valence-electron chi connectivity index (χ4n) is 3.42. The molecule has 3 rings (SSSR count). The average molecular weight is 260 g/mol. The summed E-state index contributed by atoms with van der Waals surface area (Å²) in [6, 6.07) is 6.26. The molecule has 3 unspecified atom stereocenters. The summed E-state index contributed by atoms with van der Waals surface area (Å²) in [5, 5.41) is 10.8. The van der Waals surface area contributed by atoms with Gasteiger partial charge in [0.25, 0.3) is 0 Å². The molecule has 0 aromatic heterocycles. The van der Waals surface area contributed by atoms with Crippen LogP contribution in [0.1, 0.15) is 51.2 Å². The van der Waals surface area contributed by atoms with Crippen LogP contribution >= 0.6 is 0 Å². The number of benzene rings is 1. The highest BCUT2D eigenvalue weighted by molar-refractivity contribution is 5.51. The van der Waals surface area contributed by atoms with E-state index in [-0.39, 0.29) is 5.41 Å².